The lowest BCUT2D eigenvalue weighted by atomic mass is 10.1. The van der Waals surface area contributed by atoms with Gasteiger partial charge in [0.15, 0.2) is 5.78 Å². The number of ether oxygens (including phenoxy) is 1. The number of hydrogen-bond acceptors (Lipinski definition) is 2. The summed E-state index contributed by atoms with van der Waals surface area (Å²) < 4.78 is 5.48. The fourth-order valence-electron chi connectivity index (χ4n) is 1.23. The average molecular weight is 192 g/mol. The molecule has 0 aromatic heterocycles. The van der Waals surface area contributed by atoms with Gasteiger partial charge in [-0.2, -0.15) is 0 Å². The van der Waals surface area contributed by atoms with Crippen molar-refractivity contribution in [3.05, 3.63) is 36.5 Å². The first-order chi connectivity index (χ1) is 6.63. The molecule has 0 spiro atoms. The molecular weight excluding hydrogens is 176 g/mol. The highest BCUT2D eigenvalue weighted by molar-refractivity contribution is 5.93. The van der Waals surface area contributed by atoms with E-state index in [4.69, 9.17) is 4.74 Å². The topological polar surface area (TPSA) is 26.3 Å². The quantitative estimate of drug-likeness (QED) is 0.642. The van der Waals surface area contributed by atoms with Crippen molar-refractivity contribution in [1.29, 1.82) is 0 Å². The van der Waals surface area contributed by atoms with Crippen LogP contribution in [-0.4, -0.2) is 18.0 Å². The molecule has 2 heteroatoms. The molecule has 0 N–H and O–H groups in total. The van der Waals surface area contributed by atoms with Crippen LogP contribution < -0.4 is 0 Å². The van der Waals surface area contributed by atoms with Crippen LogP contribution in [0.2, 0.25) is 0 Å². The van der Waals surface area contributed by atoms with Crippen LogP contribution in [0.15, 0.2) is 36.5 Å². The van der Waals surface area contributed by atoms with E-state index in [1.807, 2.05) is 13.0 Å². The van der Waals surface area contributed by atoms with Gasteiger partial charge in [0.1, 0.15) is 6.10 Å². The minimum atomic E-state index is -0.303. The lowest BCUT2D eigenvalue weighted by molar-refractivity contribution is -0.128. The number of ketones is 1. The fraction of sp³-hybridized carbons (Fsp3) is 0.417. The Morgan fingerprint density at radius 2 is 2.43 bits per heavy atom. The zero-order valence-corrected chi connectivity index (χ0v) is 8.69. The van der Waals surface area contributed by atoms with E-state index < -0.39 is 0 Å². The van der Waals surface area contributed by atoms with Gasteiger partial charge in [0.05, 0.1) is 6.10 Å². The largest absolute Gasteiger partial charge is 0.363 e. The lowest BCUT2D eigenvalue weighted by Crippen LogP contribution is -2.28. The zero-order chi connectivity index (χ0) is 10.6. The Labute approximate surface area is 85.0 Å². The molecule has 0 radical (unpaired) electrons. The van der Waals surface area contributed by atoms with Crippen LogP contribution in [0.25, 0.3) is 0 Å². The van der Waals surface area contributed by atoms with Crippen molar-refractivity contribution in [3.8, 4) is 0 Å². The van der Waals surface area contributed by atoms with Gasteiger partial charge in [0, 0.05) is 0 Å². The minimum absolute atomic E-state index is 0.0256. The Balaban J connectivity index is 2.52. The second kappa shape index (κ2) is 4.91. The summed E-state index contributed by atoms with van der Waals surface area (Å²) in [4.78, 5) is 11.1. The van der Waals surface area contributed by atoms with E-state index in [2.05, 4.69) is 12.7 Å². The lowest BCUT2D eigenvalue weighted by Gasteiger charge is -2.21. The van der Waals surface area contributed by atoms with E-state index >= 15 is 0 Å². The van der Waals surface area contributed by atoms with Crippen LogP contribution in [-0.2, 0) is 9.53 Å². The Hall–Kier alpha value is -1.15. The summed E-state index contributed by atoms with van der Waals surface area (Å²) in [7, 11) is 0. The monoisotopic (exact) mass is 192 g/mol. The summed E-state index contributed by atoms with van der Waals surface area (Å²) in [6, 6.07) is 0. The molecule has 0 saturated carbocycles. The van der Waals surface area contributed by atoms with Crippen molar-refractivity contribution < 1.29 is 9.53 Å². The van der Waals surface area contributed by atoms with E-state index in [-0.39, 0.29) is 18.0 Å². The third-order valence-electron chi connectivity index (χ3n) is 2.25. The van der Waals surface area contributed by atoms with Gasteiger partial charge in [-0.25, -0.2) is 0 Å². The average Bonchev–Trinajstić information content (AvgIpc) is 2.19. The number of hydrogen-bond donors (Lipinski definition) is 0. The predicted molar refractivity (Wildman–Crippen MR) is 57.1 cm³/mol. The van der Waals surface area contributed by atoms with Crippen molar-refractivity contribution in [2.45, 2.75) is 32.5 Å². The summed E-state index contributed by atoms with van der Waals surface area (Å²) in [5.74, 6) is 0.0469. The molecule has 14 heavy (non-hydrogen) atoms. The van der Waals surface area contributed by atoms with Gasteiger partial charge >= 0.3 is 0 Å². The van der Waals surface area contributed by atoms with Crippen LogP contribution in [0.1, 0.15) is 20.3 Å². The number of rotatable bonds is 3. The smallest absolute Gasteiger partial charge is 0.183 e. The van der Waals surface area contributed by atoms with Crippen molar-refractivity contribution >= 4 is 5.78 Å². The third kappa shape index (κ3) is 2.96. The molecule has 0 saturated heterocycles. The normalized spacial score (nSPS) is 27.9. The van der Waals surface area contributed by atoms with E-state index in [1.165, 1.54) is 0 Å². The summed E-state index contributed by atoms with van der Waals surface area (Å²) >= 11 is 0. The second-order valence-corrected chi connectivity index (χ2v) is 3.47. The minimum Gasteiger partial charge on any atom is -0.363 e. The molecule has 0 aromatic rings. The van der Waals surface area contributed by atoms with E-state index in [9.17, 15) is 4.79 Å². The second-order valence-electron chi connectivity index (χ2n) is 3.47. The van der Waals surface area contributed by atoms with Crippen LogP contribution in [0.5, 0.6) is 0 Å². The molecule has 1 heterocycles. The molecule has 0 amide bonds. The first kappa shape index (κ1) is 10.9. The van der Waals surface area contributed by atoms with E-state index in [0.717, 1.165) is 12.0 Å². The van der Waals surface area contributed by atoms with Crippen LogP contribution in [0.4, 0.5) is 0 Å². The Bertz CT molecular complexity index is 287. The highest BCUT2D eigenvalue weighted by Gasteiger charge is 2.19. The van der Waals surface area contributed by atoms with Crippen LogP contribution >= 0.6 is 0 Å². The molecule has 2 atom stereocenters. The zero-order valence-electron chi connectivity index (χ0n) is 8.69. The van der Waals surface area contributed by atoms with Gasteiger partial charge in [-0.1, -0.05) is 30.4 Å². The maximum absolute atomic E-state index is 11.1. The molecule has 0 aromatic carbocycles. The van der Waals surface area contributed by atoms with E-state index in [0.29, 0.717) is 0 Å². The van der Waals surface area contributed by atoms with Crippen molar-refractivity contribution in [1.82, 2.24) is 0 Å². The number of carbonyl (C=O) groups excluding carboxylic acids is 1. The molecule has 76 valence electrons. The maximum atomic E-state index is 11.1. The van der Waals surface area contributed by atoms with Gasteiger partial charge in [-0.15, -0.1) is 0 Å². The molecule has 1 aliphatic rings. The van der Waals surface area contributed by atoms with Gasteiger partial charge in [0.25, 0.3) is 0 Å². The van der Waals surface area contributed by atoms with Gasteiger partial charge < -0.3 is 4.74 Å². The molecule has 0 fully saturated rings. The van der Waals surface area contributed by atoms with E-state index in [1.54, 1.807) is 19.1 Å². The first-order valence-corrected chi connectivity index (χ1v) is 4.80. The highest BCUT2D eigenvalue weighted by Crippen LogP contribution is 2.13. The third-order valence-corrected chi connectivity index (χ3v) is 2.25. The van der Waals surface area contributed by atoms with Gasteiger partial charge in [-0.05, 0) is 26.3 Å². The van der Waals surface area contributed by atoms with Crippen molar-refractivity contribution in [2.24, 2.45) is 0 Å². The van der Waals surface area contributed by atoms with Gasteiger partial charge in [-0.3, -0.25) is 4.79 Å². The molecule has 1 rings (SSSR count). The molecule has 0 bridgehead atoms. The van der Waals surface area contributed by atoms with Crippen molar-refractivity contribution in [2.75, 3.05) is 0 Å². The number of allylic oxidation sites excluding steroid dienone is 2. The summed E-state index contributed by atoms with van der Waals surface area (Å²) in [6.45, 7) is 7.44. The predicted octanol–water partition coefficient (Wildman–Crippen LogP) is 2.42. The summed E-state index contributed by atoms with van der Waals surface area (Å²) in [5.41, 5.74) is 1.13. The van der Waals surface area contributed by atoms with Crippen LogP contribution in [0, 0.1) is 0 Å². The Morgan fingerprint density at radius 1 is 1.71 bits per heavy atom. The fourth-order valence-corrected chi connectivity index (χ4v) is 1.23. The molecule has 0 aliphatic carbocycles. The van der Waals surface area contributed by atoms with Crippen molar-refractivity contribution in [3.63, 3.8) is 0 Å². The molecular formula is C12H16O2. The SMILES string of the molecule is C=C/C(C)=C/C[C@H]1C=CC(=O)[C@@H](C)O1. The maximum Gasteiger partial charge on any atom is 0.183 e. The first-order valence-electron chi connectivity index (χ1n) is 4.80. The standard InChI is InChI=1S/C12H16O2/c1-4-9(2)5-6-11-7-8-12(13)10(3)14-11/h4-5,7-8,10-11H,1,6H2,2-3H3/b9-5+/t10-,11+/m1/s1. The summed E-state index contributed by atoms with van der Waals surface area (Å²) in [5, 5.41) is 0. The molecule has 1 aliphatic heterocycles. The molecule has 0 unspecified atom stereocenters. The summed E-state index contributed by atoms with van der Waals surface area (Å²) in [6.07, 6.45) is 7.81. The van der Waals surface area contributed by atoms with Crippen LogP contribution in [0.3, 0.4) is 0 Å². The number of carbonyl (C=O) groups is 1. The Morgan fingerprint density at radius 3 is 3.00 bits per heavy atom. The Kier molecular flexibility index (Phi) is 3.84. The molecule has 2 nitrogen and oxygen atoms in total. The van der Waals surface area contributed by atoms with Gasteiger partial charge in [0.2, 0.25) is 0 Å². The highest BCUT2D eigenvalue weighted by atomic mass is 16.5.